The number of carbonyl (C=O) groups excluding carboxylic acids is 1. The molecule has 2 saturated heterocycles. The molecule has 2 rings (SSSR count). The van der Waals surface area contributed by atoms with Gasteiger partial charge in [0.1, 0.15) is 0 Å². The molecule has 128 valence electrons. The van der Waals surface area contributed by atoms with Crippen LogP contribution in [-0.2, 0) is 4.79 Å². The smallest absolute Gasteiger partial charge is 0.225 e. The second kappa shape index (κ2) is 6.90. The number of piperidine rings is 2. The van der Waals surface area contributed by atoms with Crippen LogP contribution in [0.1, 0.15) is 66.7 Å². The third-order valence-electron chi connectivity index (χ3n) is 5.72. The number of likely N-dealkylation sites (tertiary alicyclic amines) is 2. The van der Waals surface area contributed by atoms with E-state index in [4.69, 9.17) is 0 Å². The molecule has 0 aromatic rings. The van der Waals surface area contributed by atoms with E-state index in [0.29, 0.717) is 16.7 Å². The van der Waals surface area contributed by atoms with E-state index in [1.54, 1.807) is 0 Å². The van der Waals surface area contributed by atoms with E-state index in [2.05, 4.69) is 30.6 Å². The average molecular weight is 309 g/mol. The van der Waals surface area contributed by atoms with Gasteiger partial charge in [-0.1, -0.05) is 34.6 Å². The molecule has 1 spiro atoms. The van der Waals surface area contributed by atoms with Gasteiger partial charge in [0, 0.05) is 19.0 Å². The van der Waals surface area contributed by atoms with Crippen LogP contribution >= 0.6 is 0 Å². The van der Waals surface area contributed by atoms with Gasteiger partial charge in [0.25, 0.3) is 0 Å². The first-order chi connectivity index (χ1) is 10.2. The zero-order chi connectivity index (χ0) is 16.4. The van der Waals surface area contributed by atoms with Gasteiger partial charge in [0.15, 0.2) is 0 Å². The van der Waals surface area contributed by atoms with Crippen LogP contribution in [0.4, 0.5) is 0 Å². The highest BCUT2D eigenvalue weighted by Crippen LogP contribution is 2.41. The molecule has 0 atom stereocenters. The molecular weight excluding hydrogens is 272 g/mol. The first-order valence-electron chi connectivity index (χ1n) is 9.22. The lowest BCUT2D eigenvalue weighted by Crippen LogP contribution is -2.49. The van der Waals surface area contributed by atoms with Crippen molar-refractivity contribution < 1.29 is 4.79 Å². The Morgan fingerprint density at radius 1 is 1.00 bits per heavy atom. The van der Waals surface area contributed by atoms with E-state index in [-0.39, 0.29) is 5.92 Å². The Morgan fingerprint density at radius 2 is 1.50 bits per heavy atom. The predicted octanol–water partition coefficient (Wildman–Crippen LogP) is 3.78. The molecule has 0 aliphatic carbocycles. The molecule has 1 amide bonds. The fourth-order valence-electron chi connectivity index (χ4n) is 3.81. The molecular formula is C19H36N2O. The molecule has 2 aliphatic rings. The van der Waals surface area contributed by atoms with E-state index in [9.17, 15) is 4.79 Å². The molecule has 2 fully saturated rings. The predicted molar refractivity (Wildman–Crippen MR) is 92.8 cm³/mol. The Morgan fingerprint density at radius 3 is 1.95 bits per heavy atom. The van der Waals surface area contributed by atoms with E-state index < -0.39 is 0 Å². The van der Waals surface area contributed by atoms with E-state index in [1.165, 1.54) is 51.7 Å². The van der Waals surface area contributed by atoms with Crippen molar-refractivity contribution in [3.63, 3.8) is 0 Å². The number of rotatable bonds is 3. The van der Waals surface area contributed by atoms with Gasteiger partial charge in [-0.25, -0.2) is 0 Å². The van der Waals surface area contributed by atoms with Crippen LogP contribution in [-0.4, -0.2) is 48.4 Å². The molecule has 3 heteroatoms. The normalized spacial score (nSPS) is 23.3. The highest BCUT2D eigenvalue weighted by molar-refractivity contribution is 5.78. The second-order valence-corrected chi connectivity index (χ2v) is 9.13. The summed E-state index contributed by atoms with van der Waals surface area (Å²) in [4.78, 5) is 16.9. The molecule has 0 aromatic carbocycles. The standard InChI is InChI=1S/C19H36N2O/c1-16(2)17(22)21-14-9-19(10-15-21)7-12-20(13-8-19)11-6-18(3,4)5/h16H,6-15H2,1-5H3. The average Bonchev–Trinajstić information content (AvgIpc) is 2.46. The number of hydrogen-bond donors (Lipinski definition) is 0. The van der Waals surface area contributed by atoms with Gasteiger partial charge < -0.3 is 9.80 Å². The van der Waals surface area contributed by atoms with Crippen LogP contribution in [0.25, 0.3) is 0 Å². The number of hydrogen-bond acceptors (Lipinski definition) is 2. The zero-order valence-electron chi connectivity index (χ0n) is 15.5. The molecule has 0 saturated carbocycles. The third-order valence-corrected chi connectivity index (χ3v) is 5.72. The lowest BCUT2D eigenvalue weighted by Gasteiger charge is -2.47. The Balaban J connectivity index is 1.76. The number of amides is 1. The van der Waals surface area contributed by atoms with Gasteiger partial charge in [-0.2, -0.15) is 0 Å². The summed E-state index contributed by atoms with van der Waals surface area (Å²) in [6.07, 6.45) is 6.40. The maximum atomic E-state index is 12.1. The number of nitrogens with zero attached hydrogens (tertiary/aromatic N) is 2. The summed E-state index contributed by atoms with van der Waals surface area (Å²) >= 11 is 0. The van der Waals surface area contributed by atoms with Crippen molar-refractivity contribution in [3.8, 4) is 0 Å². The van der Waals surface area contributed by atoms with Crippen molar-refractivity contribution in [3.05, 3.63) is 0 Å². The topological polar surface area (TPSA) is 23.6 Å². The fourth-order valence-corrected chi connectivity index (χ4v) is 3.81. The minimum absolute atomic E-state index is 0.147. The SMILES string of the molecule is CC(C)C(=O)N1CCC2(CCN(CCC(C)(C)C)CC2)CC1. The minimum atomic E-state index is 0.147. The summed E-state index contributed by atoms with van der Waals surface area (Å²) in [6.45, 7) is 16.8. The molecule has 0 unspecified atom stereocenters. The van der Waals surface area contributed by atoms with Gasteiger partial charge in [-0.05, 0) is 62.6 Å². The zero-order valence-corrected chi connectivity index (χ0v) is 15.5. The van der Waals surface area contributed by atoms with Gasteiger partial charge >= 0.3 is 0 Å². The highest BCUT2D eigenvalue weighted by atomic mass is 16.2. The maximum absolute atomic E-state index is 12.1. The number of carbonyl (C=O) groups is 1. The van der Waals surface area contributed by atoms with Crippen LogP contribution in [0.15, 0.2) is 0 Å². The molecule has 2 aliphatic heterocycles. The third kappa shape index (κ3) is 4.71. The summed E-state index contributed by atoms with van der Waals surface area (Å²) in [5.74, 6) is 0.491. The highest BCUT2D eigenvalue weighted by Gasteiger charge is 2.38. The summed E-state index contributed by atoms with van der Waals surface area (Å²) in [5.41, 5.74) is 0.976. The first-order valence-corrected chi connectivity index (χ1v) is 9.22. The van der Waals surface area contributed by atoms with Crippen LogP contribution < -0.4 is 0 Å². The molecule has 3 nitrogen and oxygen atoms in total. The molecule has 0 bridgehead atoms. The van der Waals surface area contributed by atoms with Crippen LogP contribution in [0.2, 0.25) is 0 Å². The molecule has 0 aromatic heterocycles. The van der Waals surface area contributed by atoms with E-state index in [1.807, 2.05) is 13.8 Å². The summed E-state index contributed by atoms with van der Waals surface area (Å²) in [7, 11) is 0. The van der Waals surface area contributed by atoms with Gasteiger partial charge in [-0.3, -0.25) is 4.79 Å². The van der Waals surface area contributed by atoms with Crippen molar-refractivity contribution in [1.82, 2.24) is 9.80 Å². The van der Waals surface area contributed by atoms with Gasteiger partial charge in [0.2, 0.25) is 5.91 Å². The van der Waals surface area contributed by atoms with Crippen molar-refractivity contribution in [2.75, 3.05) is 32.7 Å². The maximum Gasteiger partial charge on any atom is 0.225 e. The monoisotopic (exact) mass is 308 g/mol. The van der Waals surface area contributed by atoms with Crippen molar-refractivity contribution >= 4 is 5.91 Å². The summed E-state index contributed by atoms with van der Waals surface area (Å²) in [5, 5.41) is 0. The quantitative estimate of drug-likeness (QED) is 0.792. The molecule has 22 heavy (non-hydrogen) atoms. The molecule has 0 N–H and O–H groups in total. The van der Waals surface area contributed by atoms with E-state index in [0.717, 1.165) is 13.1 Å². The summed E-state index contributed by atoms with van der Waals surface area (Å²) < 4.78 is 0. The molecule has 2 heterocycles. The minimum Gasteiger partial charge on any atom is -0.342 e. The van der Waals surface area contributed by atoms with Crippen LogP contribution in [0.3, 0.4) is 0 Å². The van der Waals surface area contributed by atoms with E-state index >= 15 is 0 Å². The first kappa shape index (κ1) is 17.8. The summed E-state index contributed by atoms with van der Waals surface area (Å²) in [6, 6.07) is 0. The Bertz CT molecular complexity index is 365. The van der Waals surface area contributed by atoms with Gasteiger partial charge in [-0.15, -0.1) is 0 Å². The van der Waals surface area contributed by atoms with Crippen LogP contribution in [0.5, 0.6) is 0 Å². The molecule has 0 radical (unpaired) electrons. The Labute approximate surface area is 137 Å². The van der Waals surface area contributed by atoms with Crippen LogP contribution in [0, 0.1) is 16.7 Å². The fraction of sp³-hybridized carbons (Fsp3) is 0.947. The lowest BCUT2D eigenvalue weighted by atomic mass is 9.71. The van der Waals surface area contributed by atoms with Crippen molar-refractivity contribution in [2.24, 2.45) is 16.7 Å². The largest absolute Gasteiger partial charge is 0.342 e. The lowest BCUT2D eigenvalue weighted by molar-refractivity contribution is -0.137. The van der Waals surface area contributed by atoms with Crippen molar-refractivity contribution in [2.45, 2.75) is 66.7 Å². The van der Waals surface area contributed by atoms with Crippen molar-refractivity contribution in [1.29, 1.82) is 0 Å². The Hall–Kier alpha value is -0.570. The van der Waals surface area contributed by atoms with Gasteiger partial charge in [0.05, 0.1) is 0 Å². The Kier molecular flexibility index (Phi) is 5.58. The second-order valence-electron chi connectivity index (χ2n) is 9.13.